The molecule has 2 heterocycles. The summed E-state index contributed by atoms with van der Waals surface area (Å²) in [5.74, 6) is 1.54. The zero-order chi connectivity index (χ0) is 15.2. The van der Waals surface area contributed by atoms with Gasteiger partial charge in [0.1, 0.15) is 0 Å². The normalized spacial score (nSPS) is 21.7. The lowest BCUT2D eigenvalue weighted by Crippen LogP contribution is -2.40. The molecule has 2 atom stereocenters. The van der Waals surface area contributed by atoms with E-state index in [2.05, 4.69) is 29.6 Å². The molecule has 0 spiro atoms. The summed E-state index contributed by atoms with van der Waals surface area (Å²) in [6.07, 6.45) is 2.07. The van der Waals surface area contributed by atoms with Crippen LogP contribution >= 0.6 is 0 Å². The van der Waals surface area contributed by atoms with Crippen LogP contribution in [0.15, 0.2) is 10.6 Å². The summed E-state index contributed by atoms with van der Waals surface area (Å²) >= 11 is 0. The lowest BCUT2D eigenvalue weighted by Gasteiger charge is -2.22. The van der Waals surface area contributed by atoms with E-state index in [-0.39, 0.29) is 12.1 Å². The lowest BCUT2D eigenvalue weighted by molar-refractivity contribution is 0.0545. The van der Waals surface area contributed by atoms with Crippen LogP contribution < -0.4 is 10.6 Å². The highest BCUT2D eigenvalue weighted by atomic mass is 16.5. The Morgan fingerprint density at radius 1 is 1.48 bits per heavy atom. The summed E-state index contributed by atoms with van der Waals surface area (Å²) in [6, 6.07) is 1.68. The van der Waals surface area contributed by atoms with E-state index in [1.807, 2.05) is 13.0 Å². The zero-order valence-corrected chi connectivity index (χ0v) is 13.0. The second kappa shape index (κ2) is 7.45. The Kier molecular flexibility index (Phi) is 5.61. The van der Waals surface area contributed by atoms with Gasteiger partial charge in [-0.1, -0.05) is 25.9 Å². The number of amides is 2. The fourth-order valence-electron chi connectivity index (χ4n) is 2.67. The Morgan fingerprint density at radius 3 is 2.95 bits per heavy atom. The first-order chi connectivity index (χ1) is 10.1. The van der Waals surface area contributed by atoms with Gasteiger partial charge in [0.15, 0.2) is 5.76 Å². The van der Waals surface area contributed by atoms with Crippen molar-refractivity contribution in [1.29, 1.82) is 0 Å². The monoisotopic (exact) mass is 295 g/mol. The van der Waals surface area contributed by atoms with E-state index in [0.717, 1.165) is 25.1 Å². The molecule has 1 aromatic rings. The van der Waals surface area contributed by atoms with Crippen LogP contribution in [0, 0.1) is 11.8 Å². The molecule has 0 unspecified atom stereocenters. The van der Waals surface area contributed by atoms with E-state index in [9.17, 15) is 4.79 Å². The molecule has 0 aliphatic carbocycles. The van der Waals surface area contributed by atoms with Gasteiger partial charge in [0, 0.05) is 25.1 Å². The molecule has 2 N–H and O–H groups in total. The molecule has 6 heteroatoms. The minimum absolute atomic E-state index is 0.182. The highest BCUT2D eigenvalue weighted by Crippen LogP contribution is 2.25. The maximum Gasteiger partial charge on any atom is 0.315 e. The van der Waals surface area contributed by atoms with Crippen LogP contribution in [-0.2, 0) is 17.7 Å². The zero-order valence-electron chi connectivity index (χ0n) is 13.0. The summed E-state index contributed by atoms with van der Waals surface area (Å²) in [7, 11) is 0. The van der Waals surface area contributed by atoms with Gasteiger partial charge in [-0.15, -0.1) is 0 Å². The van der Waals surface area contributed by atoms with Crippen molar-refractivity contribution in [1.82, 2.24) is 15.8 Å². The SMILES string of the molecule is CCc1cc(CNC(=O)NC[C@H]2CCO[C@H]2C(C)C)on1. The fraction of sp³-hybridized carbons (Fsp3) is 0.733. The standard InChI is InChI=1S/C15H25N3O3/c1-4-12-7-13(21-18-12)9-17-15(19)16-8-11-5-6-20-14(11)10(2)3/h7,10-11,14H,4-6,8-9H2,1-3H3,(H2,16,17,19)/t11-,14+/m1/s1. The third-order valence-corrected chi connectivity index (χ3v) is 3.84. The van der Waals surface area contributed by atoms with Crippen LogP contribution in [0.5, 0.6) is 0 Å². The van der Waals surface area contributed by atoms with Crippen molar-refractivity contribution in [3.63, 3.8) is 0 Å². The minimum atomic E-state index is -0.182. The Labute approximate surface area is 125 Å². The molecule has 0 radical (unpaired) electrons. The van der Waals surface area contributed by atoms with Crippen molar-refractivity contribution >= 4 is 6.03 Å². The number of nitrogens with one attached hydrogen (secondary N) is 2. The molecule has 1 aliphatic heterocycles. The predicted octanol–water partition coefficient (Wildman–Crippen LogP) is 2.10. The third kappa shape index (κ3) is 4.46. The number of carbonyl (C=O) groups is 1. The molecule has 21 heavy (non-hydrogen) atoms. The summed E-state index contributed by atoms with van der Waals surface area (Å²) in [6.45, 7) is 8.10. The Hall–Kier alpha value is -1.56. The number of ether oxygens (including phenoxy) is 1. The van der Waals surface area contributed by atoms with Gasteiger partial charge in [-0.3, -0.25) is 0 Å². The predicted molar refractivity (Wildman–Crippen MR) is 78.8 cm³/mol. The molecule has 1 fully saturated rings. The summed E-state index contributed by atoms with van der Waals surface area (Å²) in [5.41, 5.74) is 0.898. The Balaban J connectivity index is 1.70. The smallest absolute Gasteiger partial charge is 0.315 e. The maximum absolute atomic E-state index is 11.8. The number of nitrogens with zero attached hydrogens (tertiary/aromatic N) is 1. The van der Waals surface area contributed by atoms with Gasteiger partial charge in [-0.2, -0.15) is 0 Å². The van der Waals surface area contributed by atoms with Crippen LogP contribution in [0.2, 0.25) is 0 Å². The van der Waals surface area contributed by atoms with Gasteiger partial charge >= 0.3 is 6.03 Å². The van der Waals surface area contributed by atoms with Gasteiger partial charge in [-0.25, -0.2) is 4.79 Å². The highest BCUT2D eigenvalue weighted by molar-refractivity contribution is 5.73. The molecular formula is C15H25N3O3. The number of hydrogen-bond donors (Lipinski definition) is 2. The minimum Gasteiger partial charge on any atom is -0.378 e. The van der Waals surface area contributed by atoms with Crippen LogP contribution in [0.1, 0.15) is 38.6 Å². The molecule has 1 aliphatic rings. The molecule has 0 aromatic carbocycles. The Bertz CT molecular complexity index is 459. The van der Waals surface area contributed by atoms with Gasteiger partial charge in [0.25, 0.3) is 0 Å². The molecule has 6 nitrogen and oxygen atoms in total. The van der Waals surface area contributed by atoms with E-state index < -0.39 is 0 Å². The first-order valence-corrected chi connectivity index (χ1v) is 7.68. The van der Waals surface area contributed by atoms with Crippen LogP contribution in [0.3, 0.4) is 0 Å². The van der Waals surface area contributed by atoms with Gasteiger partial charge < -0.3 is 19.9 Å². The van der Waals surface area contributed by atoms with Crippen LogP contribution in [0.25, 0.3) is 0 Å². The summed E-state index contributed by atoms with van der Waals surface area (Å²) in [4.78, 5) is 11.8. The van der Waals surface area contributed by atoms with Crippen molar-refractivity contribution in [2.75, 3.05) is 13.2 Å². The van der Waals surface area contributed by atoms with Gasteiger partial charge in [-0.05, 0) is 18.8 Å². The van der Waals surface area contributed by atoms with Gasteiger partial charge in [0.2, 0.25) is 0 Å². The van der Waals surface area contributed by atoms with Crippen LogP contribution in [-0.4, -0.2) is 30.4 Å². The molecule has 2 amide bonds. The number of urea groups is 1. The van der Waals surface area contributed by atoms with Crippen molar-refractivity contribution in [3.05, 3.63) is 17.5 Å². The molecule has 1 saturated heterocycles. The number of aromatic nitrogens is 1. The number of carbonyl (C=O) groups excluding carboxylic acids is 1. The number of hydrogen-bond acceptors (Lipinski definition) is 4. The second-order valence-corrected chi connectivity index (χ2v) is 5.83. The summed E-state index contributed by atoms with van der Waals surface area (Å²) < 4.78 is 10.8. The topological polar surface area (TPSA) is 76.4 Å². The quantitative estimate of drug-likeness (QED) is 0.842. The van der Waals surface area contributed by atoms with E-state index in [4.69, 9.17) is 9.26 Å². The molecule has 0 bridgehead atoms. The van der Waals surface area contributed by atoms with Crippen molar-refractivity contribution in [3.8, 4) is 0 Å². The number of rotatable bonds is 6. The maximum atomic E-state index is 11.8. The lowest BCUT2D eigenvalue weighted by atomic mass is 9.93. The fourth-order valence-corrected chi connectivity index (χ4v) is 2.67. The van der Waals surface area contributed by atoms with Gasteiger partial charge in [0.05, 0.1) is 18.3 Å². The molecule has 2 rings (SSSR count). The average Bonchev–Trinajstić information content (AvgIpc) is 3.11. The largest absolute Gasteiger partial charge is 0.378 e. The van der Waals surface area contributed by atoms with Crippen molar-refractivity contribution in [2.24, 2.45) is 11.8 Å². The third-order valence-electron chi connectivity index (χ3n) is 3.84. The summed E-state index contributed by atoms with van der Waals surface area (Å²) in [5, 5.41) is 9.58. The molecule has 118 valence electrons. The molecule has 1 aromatic heterocycles. The van der Waals surface area contributed by atoms with E-state index in [0.29, 0.717) is 30.7 Å². The van der Waals surface area contributed by atoms with E-state index >= 15 is 0 Å². The van der Waals surface area contributed by atoms with Crippen LogP contribution in [0.4, 0.5) is 4.79 Å². The second-order valence-electron chi connectivity index (χ2n) is 5.83. The highest BCUT2D eigenvalue weighted by Gasteiger charge is 2.30. The first kappa shape index (κ1) is 15.8. The first-order valence-electron chi connectivity index (χ1n) is 7.68. The molecular weight excluding hydrogens is 270 g/mol. The Morgan fingerprint density at radius 2 is 2.29 bits per heavy atom. The average molecular weight is 295 g/mol. The van der Waals surface area contributed by atoms with Crippen molar-refractivity contribution in [2.45, 2.75) is 46.3 Å². The van der Waals surface area contributed by atoms with Crippen molar-refractivity contribution < 1.29 is 14.1 Å². The van der Waals surface area contributed by atoms with E-state index in [1.54, 1.807) is 0 Å². The number of aryl methyl sites for hydroxylation is 1. The van der Waals surface area contributed by atoms with E-state index in [1.165, 1.54) is 0 Å². The molecule has 0 saturated carbocycles.